The van der Waals surface area contributed by atoms with Crippen LogP contribution < -0.4 is 56.0 Å². The Labute approximate surface area is 498 Å². The number of aliphatic hydroxyl groups is 1. The number of carbonyl (C=O) groups is 4. The average molecular weight is 1140 g/mol. The van der Waals surface area contributed by atoms with Gasteiger partial charge in [-0.05, 0) is 81.0 Å². The fourth-order valence-corrected chi connectivity index (χ4v) is 10.7. The standard InChI is InChI=1S/C34H49N4O10S.C25H33N3O2.Na/c1-24-30(49-23-36-24)26-7-5-25(6-8-26)20-35-32(42)28-19-27(40)21-38(28)33(43)31(34(2,3)4)37-29(41)22-48-18-17-47-16-15-46-14-13-45-12-11-44-10-9-39;1-7-19(8-2)17(5)28-18(6)23(20-11-9-10-12-22(20)28)25(30)26-14-21-15(3)13-16(4)27-24(21)29;/h5-8,23,27-28,31,40H,10-22H2,1-4H3,(H,35,42)(H,37,41);9-13,17-19,23H,1-2,7-8,14H2,3-6H3,(H,26,30)(H,27,29);/q-1;-2;+1/t27-,28+,31-;;/m1../s1. The van der Waals surface area contributed by atoms with Crippen LogP contribution >= 0.6 is 11.3 Å². The van der Waals surface area contributed by atoms with E-state index in [-0.39, 0.29) is 117 Å². The van der Waals surface area contributed by atoms with E-state index >= 15 is 0 Å². The molecule has 6 atom stereocenters. The van der Waals surface area contributed by atoms with Crippen LogP contribution in [0.25, 0.3) is 10.4 Å². The number of β-amino-alcohol motifs (C(OH)–C–C–N with tert-alkyl or cyclic N) is 1. The summed E-state index contributed by atoms with van der Waals surface area (Å²) < 4.78 is 26.5. The Kier molecular flexibility index (Phi) is 28.7. The van der Waals surface area contributed by atoms with Gasteiger partial charge in [-0.2, -0.15) is 12.8 Å². The zero-order valence-corrected chi connectivity index (χ0v) is 51.0. The summed E-state index contributed by atoms with van der Waals surface area (Å²) in [6.45, 7) is 26.4. The molecule has 4 heterocycles. The van der Waals surface area contributed by atoms with Gasteiger partial charge in [0.2, 0.25) is 23.6 Å². The predicted octanol–water partition coefficient (Wildman–Crippen LogP) is 2.48. The zero-order chi connectivity index (χ0) is 57.6. The summed E-state index contributed by atoms with van der Waals surface area (Å²) in [6, 6.07) is 16.3. The number of nitrogens with one attached hydrogen (secondary N) is 4. The Balaban J connectivity index is 0.000000379. The largest absolute Gasteiger partial charge is 1.00 e. The molecule has 6 rings (SSSR count). The van der Waals surface area contributed by atoms with Crippen molar-refractivity contribution in [3.63, 3.8) is 0 Å². The fraction of sp³-hybridized carbons (Fsp3) is 0.542. The van der Waals surface area contributed by atoms with Gasteiger partial charge in [0.15, 0.2) is 0 Å². The van der Waals surface area contributed by atoms with Crippen molar-refractivity contribution in [2.45, 2.75) is 124 Å². The molecular weight excluding hydrogens is 1050 g/mol. The van der Waals surface area contributed by atoms with Crippen molar-refractivity contribution in [3.8, 4) is 10.4 Å². The second-order valence-electron chi connectivity index (χ2n) is 21.0. The van der Waals surface area contributed by atoms with Crippen LogP contribution in [0.15, 0.2) is 64.9 Å². The SMILES string of the molecule is Cc1ncsc1-c1ccc(CNC(=O)[C@@H]2C[C@@H](O)CN2C(=O)[C@@H](NC(=O)COCCOCCOCCOCCOC[C-]=O)C(C)(C)C)cc1.[CH2-]CC(C[CH2-])C(C)N1c2ccccc2C(C(=O)NCc2c(C)cc(C)[nH]c2=O)C1C.[Na+]. The molecule has 0 spiro atoms. The van der Waals surface area contributed by atoms with Crippen LogP contribution in [0.1, 0.15) is 93.4 Å². The number of aromatic amines is 1. The van der Waals surface area contributed by atoms with E-state index in [1.165, 1.54) is 4.90 Å². The van der Waals surface area contributed by atoms with Crippen LogP contribution in [0.4, 0.5) is 5.69 Å². The molecule has 2 aliphatic heterocycles. The Bertz CT molecular complexity index is 2640. The van der Waals surface area contributed by atoms with Crippen LogP contribution in [-0.2, 0) is 60.7 Å². The molecule has 5 N–H and O–H groups in total. The average Bonchev–Trinajstić information content (AvgIpc) is 4.22. The first-order valence-corrected chi connectivity index (χ1v) is 27.9. The number of fused-ring (bicyclic) bond motifs is 1. The van der Waals surface area contributed by atoms with Gasteiger partial charge in [-0.25, -0.2) is 11.3 Å². The number of H-pyrrole nitrogens is 1. The van der Waals surface area contributed by atoms with E-state index in [1.54, 1.807) is 17.6 Å². The quantitative estimate of drug-likeness (QED) is 0.0299. The van der Waals surface area contributed by atoms with E-state index in [2.05, 4.69) is 64.6 Å². The summed E-state index contributed by atoms with van der Waals surface area (Å²) in [5, 5.41) is 19.1. The molecule has 2 aromatic carbocycles. The molecule has 2 aromatic heterocycles. The van der Waals surface area contributed by atoms with Crippen LogP contribution in [0.2, 0.25) is 0 Å². The van der Waals surface area contributed by atoms with Crippen molar-refractivity contribution >= 4 is 46.9 Å². The van der Waals surface area contributed by atoms with E-state index < -0.39 is 35.4 Å². The minimum atomic E-state index is -0.952. The summed E-state index contributed by atoms with van der Waals surface area (Å²) in [6.07, 6.45) is 2.49. The van der Waals surface area contributed by atoms with Crippen molar-refractivity contribution < 1.29 is 82.3 Å². The number of likely N-dealkylation sites (tertiary alicyclic amines) is 1. The number of benzene rings is 2. The molecule has 0 bridgehead atoms. The third-order valence-electron chi connectivity index (χ3n) is 14.1. The number of hydrogen-bond donors (Lipinski definition) is 5. The number of rotatable bonds is 29. The second kappa shape index (κ2) is 33.9. The molecule has 4 aromatic rings. The molecule has 0 saturated carbocycles. The Hall–Kier alpha value is -4.87. The van der Waals surface area contributed by atoms with Gasteiger partial charge in [0.25, 0.3) is 5.56 Å². The first kappa shape index (κ1) is 67.6. The van der Waals surface area contributed by atoms with Gasteiger partial charge in [0.1, 0.15) is 18.7 Å². The molecule has 80 heavy (non-hydrogen) atoms. The van der Waals surface area contributed by atoms with Crippen molar-refractivity contribution in [1.29, 1.82) is 0 Å². The fourth-order valence-electron chi connectivity index (χ4n) is 9.86. The summed E-state index contributed by atoms with van der Waals surface area (Å²) in [7, 11) is 0. The molecule has 19 nitrogen and oxygen atoms in total. The summed E-state index contributed by atoms with van der Waals surface area (Å²) in [4.78, 5) is 87.3. The predicted molar refractivity (Wildman–Crippen MR) is 304 cm³/mol. The van der Waals surface area contributed by atoms with E-state index in [9.17, 15) is 33.9 Å². The Morgan fingerprint density at radius 3 is 2.05 bits per heavy atom. The van der Waals surface area contributed by atoms with Gasteiger partial charge < -0.3 is 78.2 Å². The monoisotopic (exact) mass is 1140 g/mol. The molecule has 0 aliphatic carbocycles. The Morgan fingerprint density at radius 1 is 0.875 bits per heavy atom. The first-order chi connectivity index (χ1) is 37.8. The van der Waals surface area contributed by atoms with Crippen molar-refractivity contribution in [2.24, 2.45) is 11.3 Å². The van der Waals surface area contributed by atoms with Crippen molar-refractivity contribution in [3.05, 3.63) is 118 Å². The number of para-hydroxylation sites is 1. The number of ether oxygens (including phenoxy) is 5. The number of carbonyl (C=O) groups excluding carboxylic acids is 5. The van der Waals surface area contributed by atoms with Gasteiger partial charge in [-0.1, -0.05) is 69.2 Å². The molecule has 1 saturated heterocycles. The van der Waals surface area contributed by atoms with Crippen LogP contribution in [0.5, 0.6) is 0 Å². The molecule has 0 radical (unpaired) electrons. The maximum absolute atomic E-state index is 13.8. The minimum absolute atomic E-state index is 0. The maximum Gasteiger partial charge on any atom is 1.00 e. The van der Waals surface area contributed by atoms with Crippen molar-refractivity contribution in [1.82, 2.24) is 30.8 Å². The van der Waals surface area contributed by atoms with Crippen LogP contribution in [0, 0.1) is 46.0 Å². The maximum atomic E-state index is 13.8. The third kappa shape index (κ3) is 19.7. The summed E-state index contributed by atoms with van der Waals surface area (Å²) in [5.74, 6) is -1.28. The Morgan fingerprint density at radius 2 is 1.48 bits per heavy atom. The topological polar surface area (TPSA) is 240 Å². The van der Waals surface area contributed by atoms with Crippen molar-refractivity contribution in [2.75, 3.05) is 77.5 Å². The van der Waals surface area contributed by atoms with Crippen LogP contribution in [-0.4, -0.2) is 153 Å². The normalized spacial score (nSPS) is 17.4. The van der Waals surface area contributed by atoms with Gasteiger partial charge in [0.05, 0.1) is 81.0 Å². The van der Waals surface area contributed by atoms with E-state index in [0.29, 0.717) is 51.1 Å². The van der Waals surface area contributed by atoms with Gasteiger partial charge in [0, 0.05) is 55.1 Å². The van der Waals surface area contributed by atoms with Gasteiger partial charge >= 0.3 is 29.6 Å². The molecule has 3 unspecified atom stereocenters. The van der Waals surface area contributed by atoms with E-state index in [4.69, 9.17) is 23.7 Å². The minimum Gasteiger partial charge on any atom is -0.540 e. The number of anilines is 1. The summed E-state index contributed by atoms with van der Waals surface area (Å²) >= 11 is 1.57. The molecule has 1 fully saturated rings. The number of pyridine rings is 1. The van der Waals surface area contributed by atoms with Crippen LogP contribution in [0.3, 0.4) is 0 Å². The van der Waals surface area contributed by atoms with Gasteiger partial charge in [-0.3, -0.25) is 24.0 Å². The molecule has 21 heteroatoms. The van der Waals surface area contributed by atoms with E-state index in [0.717, 1.165) is 57.0 Å². The smallest absolute Gasteiger partial charge is 0.540 e. The molecule has 2 aliphatic rings. The van der Waals surface area contributed by atoms with E-state index in [1.807, 2.05) is 95.6 Å². The number of amides is 4. The number of thiazole rings is 1. The first-order valence-electron chi connectivity index (χ1n) is 27.0. The number of nitrogens with zero attached hydrogens (tertiary/aromatic N) is 3. The van der Waals surface area contributed by atoms with Gasteiger partial charge in [-0.15, -0.1) is 11.3 Å². The molecule has 4 amide bonds. The number of hydrogen-bond acceptors (Lipinski definition) is 15. The number of aromatic nitrogens is 2. The second-order valence-corrected chi connectivity index (χ2v) is 21.8. The zero-order valence-electron chi connectivity index (χ0n) is 48.2. The summed E-state index contributed by atoms with van der Waals surface area (Å²) in [5.41, 5.74) is 8.35. The third-order valence-corrected chi connectivity index (χ3v) is 15.1. The molecular formula is C59H82N7NaO12S-2. The molecule has 434 valence electrons. The number of aliphatic hydroxyl groups excluding tert-OH is 1. The number of aryl methyl sites for hydroxylation is 3.